The Morgan fingerprint density at radius 3 is 3.00 bits per heavy atom. The summed E-state index contributed by atoms with van der Waals surface area (Å²) in [5.41, 5.74) is 0.761. The monoisotopic (exact) mass is 247 g/mol. The van der Waals surface area contributed by atoms with Crippen LogP contribution >= 0.6 is 0 Å². The summed E-state index contributed by atoms with van der Waals surface area (Å²) >= 11 is 0. The molecule has 1 unspecified atom stereocenters. The van der Waals surface area contributed by atoms with E-state index in [2.05, 4.69) is 22.4 Å². The lowest BCUT2D eigenvalue weighted by Gasteiger charge is -2.22. The number of aromatic nitrogens is 2. The normalized spacial score (nSPS) is 23.7. The van der Waals surface area contributed by atoms with Gasteiger partial charge in [0.25, 0.3) is 0 Å². The van der Waals surface area contributed by atoms with Crippen LogP contribution in [0.1, 0.15) is 37.8 Å². The van der Waals surface area contributed by atoms with E-state index in [0.717, 1.165) is 37.1 Å². The predicted octanol–water partition coefficient (Wildman–Crippen LogP) is 2.63. The Labute approximate surface area is 106 Å². The summed E-state index contributed by atoms with van der Waals surface area (Å²) in [6, 6.07) is 1.87. The summed E-state index contributed by atoms with van der Waals surface area (Å²) in [7, 11) is 0. The molecular formula is C13H17N3O2. The van der Waals surface area contributed by atoms with Crippen molar-refractivity contribution in [2.75, 3.05) is 6.54 Å². The van der Waals surface area contributed by atoms with Gasteiger partial charge in [-0.1, -0.05) is 12.1 Å². The Morgan fingerprint density at radius 1 is 1.50 bits per heavy atom. The van der Waals surface area contributed by atoms with Gasteiger partial charge in [0.15, 0.2) is 0 Å². The highest BCUT2D eigenvalue weighted by Crippen LogP contribution is 2.34. The second-order valence-corrected chi connectivity index (χ2v) is 4.78. The SMILES string of the molecule is CCC1(c2nc(-c3ccoc3C)no2)CCCN1. The molecule has 0 aliphatic carbocycles. The topological polar surface area (TPSA) is 64.1 Å². The number of nitrogens with one attached hydrogen (secondary N) is 1. The molecule has 1 atom stereocenters. The quantitative estimate of drug-likeness (QED) is 0.903. The molecule has 1 N–H and O–H groups in total. The molecule has 0 bridgehead atoms. The average molecular weight is 247 g/mol. The lowest BCUT2D eigenvalue weighted by atomic mass is 9.94. The highest BCUT2D eigenvalue weighted by atomic mass is 16.5. The maximum absolute atomic E-state index is 5.46. The van der Waals surface area contributed by atoms with Gasteiger partial charge in [-0.2, -0.15) is 4.98 Å². The largest absolute Gasteiger partial charge is 0.469 e. The van der Waals surface area contributed by atoms with E-state index < -0.39 is 0 Å². The molecule has 1 fully saturated rings. The molecule has 1 aliphatic rings. The van der Waals surface area contributed by atoms with E-state index in [1.807, 2.05) is 13.0 Å². The van der Waals surface area contributed by atoms with Gasteiger partial charge in [0.2, 0.25) is 11.7 Å². The van der Waals surface area contributed by atoms with Crippen LogP contribution in [0.4, 0.5) is 0 Å². The number of hydrogen-bond donors (Lipinski definition) is 1. The van der Waals surface area contributed by atoms with E-state index in [1.54, 1.807) is 6.26 Å². The maximum Gasteiger partial charge on any atom is 0.247 e. The Bertz CT molecular complexity index is 538. The van der Waals surface area contributed by atoms with E-state index in [-0.39, 0.29) is 5.54 Å². The van der Waals surface area contributed by atoms with Gasteiger partial charge >= 0.3 is 0 Å². The summed E-state index contributed by atoms with van der Waals surface area (Å²) < 4.78 is 10.7. The van der Waals surface area contributed by atoms with E-state index in [0.29, 0.717) is 11.7 Å². The molecule has 0 radical (unpaired) electrons. The molecule has 0 spiro atoms. The van der Waals surface area contributed by atoms with Crippen molar-refractivity contribution in [2.24, 2.45) is 0 Å². The molecule has 3 heterocycles. The smallest absolute Gasteiger partial charge is 0.247 e. The number of rotatable bonds is 3. The van der Waals surface area contributed by atoms with Crippen LogP contribution in [0.5, 0.6) is 0 Å². The molecule has 2 aromatic heterocycles. The average Bonchev–Trinajstić information content (AvgIpc) is 3.08. The molecule has 18 heavy (non-hydrogen) atoms. The molecule has 96 valence electrons. The van der Waals surface area contributed by atoms with Gasteiger partial charge in [0, 0.05) is 0 Å². The maximum atomic E-state index is 5.46. The Kier molecular flexibility index (Phi) is 2.70. The zero-order chi connectivity index (χ0) is 12.6. The van der Waals surface area contributed by atoms with Crippen molar-refractivity contribution in [2.45, 2.75) is 38.6 Å². The van der Waals surface area contributed by atoms with Crippen LogP contribution in [0, 0.1) is 6.92 Å². The standard InChI is InChI=1S/C13H17N3O2/c1-3-13(6-4-7-14-13)12-15-11(16-18-12)10-5-8-17-9(10)2/h5,8,14H,3-4,6-7H2,1-2H3. The predicted molar refractivity (Wildman–Crippen MR) is 65.9 cm³/mol. The minimum atomic E-state index is -0.136. The summed E-state index contributed by atoms with van der Waals surface area (Å²) in [5, 5.41) is 7.56. The van der Waals surface area contributed by atoms with Crippen molar-refractivity contribution in [1.82, 2.24) is 15.5 Å². The lowest BCUT2D eigenvalue weighted by molar-refractivity contribution is 0.250. The third kappa shape index (κ3) is 1.66. The fourth-order valence-corrected chi connectivity index (χ4v) is 2.59. The second kappa shape index (κ2) is 4.24. The summed E-state index contributed by atoms with van der Waals surface area (Å²) in [6.45, 7) is 5.05. The Morgan fingerprint density at radius 2 is 2.39 bits per heavy atom. The second-order valence-electron chi connectivity index (χ2n) is 4.78. The van der Waals surface area contributed by atoms with Gasteiger partial charge in [0.05, 0.1) is 17.4 Å². The van der Waals surface area contributed by atoms with Gasteiger partial charge in [-0.3, -0.25) is 0 Å². The van der Waals surface area contributed by atoms with E-state index in [9.17, 15) is 0 Å². The summed E-state index contributed by atoms with van der Waals surface area (Å²) in [4.78, 5) is 4.54. The molecule has 1 aliphatic heterocycles. The van der Waals surface area contributed by atoms with Crippen molar-refractivity contribution in [3.8, 4) is 11.4 Å². The number of nitrogens with zero attached hydrogens (tertiary/aromatic N) is 2. The minimum absolute atomic E-state index is 0.136. The number of furan rings is 1. The van der Waals surface area contributed by atoms with Crippen molar-refractivity contribution in [3.05, 3.63) is 24.0 Å². The number of aryl methyl sites for hydroxylation is 1. The van der Waals surface area contributed by atoms with Crippen LogP contribution in [-0.2, 0) is 5.54 Å². The van der Waals surface area contributed by atoms with Gasteiger partial charge < -0.3 is 14.3 Å². The fraction of sp³-hybridized carbons (Fsp3) is 0.538. The van der Waals surface area contributed by atoms with Gasteiger partial charge in [-0.15, -0.1) is 0 Å². The van der Waals surface area contributed by atoms with Crippen LogP contribution in [0.15, 0.2) is 21.3 Å². The van der Waals surface area contributed by atoms with E-state index in [1.165, 1.54) is 0 Å². The third-order valence-electron chi connectivity index (χ3n) is 3.78. The van der Waals surface area contributed by atoms with Crippen LogP contribution < -0.4 is 5.32 Å². The lowest BCUT2D eigenvalue weighted by Crippen LogP contribution is -2.36. The molecule has 0 amide bonds. The van der Waals surface area contributed by atoms with Crippen molar-refractivity contribution >= 4 is 0 Å². The van der Waals surface area contributed by atoms with Gasteiger partial charge in [-0.25, -0.2) is 0 Å². The summed E-state index contributed by atoms with van der Waals surface area (Å²) in [6.07, 6.45) is 4.80. The molecule has 0 aromatic carbocycles. The van der Waals surface area contributed by atoms with Crippen LogP contribution in [0.3, 0.4) is 0 Å². The summed E-state index contributed by atoms with van der Waals surface area (Å²) in [5.74, 6) is 2.11. The molecule has 5 heteroatoms. The first kappa shape index (κ1) is 11.5. The Hall–Kier alpha value is -1.62. The first-order chi connectivity index (χ1) is 8.75. The van der Waals surface area contributed by atoms with Crippen LogP contribution in [0.2, 0.25) is 0 Å². The van der Waals surface area contributed by atoms with Crippen LogP contribution in [-0.4, -0.2) is 16.7 Å². The van der Waals surface area contributed by atoms with Gasteiger partial charge in [-0.05, 0) is 38.8 Å². The van der Waals surface area contributed by atoms with E-state index >= 15 is 0 Å². The Balaban J connectivity index is 1.96. The zero-order valence-corrected chi connectivity index (χ0v) is 10.7. The molecule has 3 rings (SSSR count). The molecular weight excluding hydrogens is 230 g/mol. The zero-order valence-electron chi connectivity index (χ0n) is 10.7. The highest BCUT2D eigenvalue weighted by Gasteiger charge is 2.39. The van der Waals surface area contributed by atoms with Gasteiger partial charge in [0.1, 0.15) is 5.76 Å². The number of hydrogen-bond acceptors (Lipinski definition) is 5. The van der Waals surface area contributed by atoms with Crippen molar-refractivity contribution in [1.29, 1.82) is 0 Å². The first-order valence-corrected chi connectivity index (χ1v) is 6.39. The van der Waals surface area contributed by atoms with Crippen molar-refractivity contribution < 1.29 is 8.94 Å². The first-order valence-electron chi connectivity index (χ1n) is 6.39. The molecule has 2 aromatic rings. The minimum Gasteiger partial charge on any atom is -0.469 e. The van der Waals surface area contributed by atoms with Crippen LogP contribution in [0.25, 0.3) is 11.4 Å². The third-order valence-corrected chi connectivity index (χ3v) is 3.78. The molecule has 5 nitrogen and oxygen atoms in total. The molecule has 0 saturated carbocycles. The fourth-order valence-electron chi connectivity index (χ4n) is 2.59. The molecule has 1 saturated heterocycles. The van der Waals surface area contributed by atoms with E-state index in [4.69, 9.17) is 8.94 Å². The highest BCUT2D eigenvalue weighted by molar-refractivity contribution is 5.56. The van der Waals surface area contributed by atoms with Crippen molar-refractivity contribution in [3.63, 3.8) is 0 Å².